The highest BCUT2D eigenvalue weighted by Crippen LogP contribution is 2.14. The zero-order chi connectivity index (χ0) is 14.4. The third kappa shape index (κ3) is 4.87. The van der Waals surface area contributed by atoms with Crippen molar-refractivity contribution in [3.05, 3.63) is 35.9 Å². The lowest BCUT2D eigenvalue weighted by molar-refractivity contribution is -0.00146. The first-order chi connectivity index (χ1) is 9.59. The second-order valence-corrected chi connectivity index (χ2v) is 6.10. The fourth-order valence-corrected chi connectivity index (χ4v) is 2.63. The van der Waals surface area contributed by atoms with Crippen LogP contribution in [0.15, 0.2) is 30.3 Å². The summed E-state index contributed by atoms with van der Waals surface area (Å²) in [5.41, 5.74) is 0.317. The van der Waals surface area contributed by atoms with E-state index < -0.39 is 5.60 Å². The predicted octanol–water partition coefficient (Wildman–Crippen LogP) is 0.984. The number of piperidine rings is 1. The zero-order valence-electron chi connectivity index (χ0n) is 12.3. The Bertz CT molecular complexity index is 395. The van der Waals surface area contributed by atoms with E-state index in [2.05, 4.69) is 34.5 Å². The third-order valence-corrected chi connectivity index (χ3v) is 3.87. The fourth-order valence-electron chi connectivity index (χ4n) is 2.63. The number of rotatable bonds is 6. The quantitative estimate of drug-likeness (QED) is 0.726. The van der Waals surface area contributed by atoms with Crippen LogP contribution in [0.5, 0.6) is 0 Å². The molecule has 1 aliphatic rings. The maximum absolute atomic E-state index is 9.83. The van der Waals surface area contributed by atoms with Gasteiger partial charge in [0.15, 0.2) is 0 Å². The molecular weight excluding hydrogens is 252 g/mol. The van der Waals surface area contributed by atoms with Gasteiger partial charge in [0.25, 0.3) is 0 Å². The molecule has 0 saturated carbocycles. The molecule has 4 nitrogen and oxygen atoms in total. The summed E-state index contributed by atoms with van der Waals surface area (Å²) in [4.78, 5) is 2.45. The minimum atomic E-state index is -1.03. The van der Waals surface area contributed by atoms with Crippen molar-refractivity contribution in [2.24, 2.45) is 0 Å². The molecule has 0 radical (unpaired) electrons. The first-order valence-electron chi connectivity index (χ1n) is 7.42. The highest BCUT2D eigenvalue weighted by atomic mass is 16.3. The summed E-state index contributed by atoms with van der Waals surface area (Å²) in [5, 5.41) is 22.3. The van der Waals surface area contributed by atoms with Crippen LogP contribution in [0.3, 0.4) is 0 Å². The molecular formula is C16H26N2O2. The summed E-state index contributed by atoms with van der Waals surface area (Å²) >= 11 is 0. The smallest absolute Gasteiger partial charge is 0.0972 e. The van der Waals surface area contributed by atoms with Gasteiger partial charge in [-0.15, -0.1) is 0 Å². The molecule has 0 spiro atoms. The molecule has 4 heteroatoms. The van der Waals surface area contributed by atoms with Gasteiger partial charge in [-0.1, -0.05) is 30.3 Å². The van der Waals surface area contributed by atoms with Gasteiger partial charge in [0.1, 0.15) is 0 Å². The Balaban J connectivity index is 1.80. The van der Waals surface area contributed by atoms with Gasteiger partial charge in [-0.25, -0.2) is 0 Å². The molecule has 0 bridgehead atoms. The number of nitrogens with zero attached hydrogens (tertiary/aromatic N) is 1. The minimum Gasteiger partial charge on any atom is -0.393 e. The Labute approximate surface area is 121 Å². The first-order valence-corrected chi connectivity index (χ1v) is 7.42. The average molecular weight is 278 g/mol. The molecule has 2 rings (SSSR count). The number of nitrogens with one attached hydrogen (secondary N) is 1. The molecule has 0 aliphatic carbocycles. The molecule has 1 saturated heterocycles. The molecule has 20 heavy (non-hydrogen) atoms. The van der Waals surface area contributed by atoms with Crippen molar-refractivity contribution < 1.29 is 10.2 Å². The van der Waals surface area contributed by atoms with Gasteiger partial charge >= 0.3 is 0 Å². The van der Waals surface area contributed by atoms with Crippen LogP contribution < -0.4 is 5.32 Å². The molecule has 2 atom stereocenters. The van der Waals surface area contributed by atoms with E-state index in [1.807, 2.05) is 6.07 Å². The fraction of sp³-hybridized carbons (Fsp3) is 0.625. The van der Waals surface area contributed by atoms with Crippen molar-refractivity contribution >= 4 is 0 Å². The van der Waals surface area contributed by atoms with Gasteiger partial charge in [0, 0.05) is 25.7 Å². The standard InChI is InChI=1S/C16H26N2O2/c1-16(20,13-19)12-17-15-8-5-9-18(11-15)10-14-6-3-2-4-7-14/h2-4,6-7,15,17,19-20H,5,8-13H2,1H3. The largest absolute Gasteiger partial charge is 0.393 e. The van der Waals surface area contributed by atoms with E-state index in [1.165, 1.54) is 12.0 Å². The van der Waals surface area contributed by atoms with Crippen LogP contribution >= 0.6 is 0 Å². The molecule has 1 aromatic rings. The predicted molar refractivity (Wildman–Crippen MR) is 80.5 cm³/mol. The monoisotopic (exact) mass is 278 g/mol. The molecule has 1 aromatic carbocycles. The van der Waals surface area contributed by atoms with Crippen molar-refractivity contribution in [3.63, 3.8) is 0 Å². The van der Waals surface area contributed by atoms with Crippen molar-refractivity contribution in [2.75, 3.05) is 26.2 Å². The summed E-state index contributed by atoms with van der Waals surface area (Å²) in [6, 6.07) is 10.9. The van der Waals surface area contributed by atoms with E-state index in [0.29, 0.717) is 12.6 Å². The second-order valence-electron chi connectivity index (χ2n) is 6.10. The Hall–Kier alpha value is -0.940. The normalized spacial score (nSPS) is 23.4. The maximum atomic E-state index is 9.83. The molecule has 1 fully saturated rings. The highest BCUT2D eigenvalue weighted by molar-refractivity contribution is 5.14. The van der Waals surface area contributed by atoms with Crippen LogP contribution in [0.4, 0.5) is 0 Å². The number of hydrogen-bond donors (Lipinski definition) is 3. The third-order valence-electron chi connectivity index (χ3n) is 3.87. The minimum absolute atomic E-state index is 0.208. The molecule has 1 heterocycles. The van der Waals surface area contributed by atoms with Crippen LogP contribution in [-0.2, 0) is 6.54 Å². The number of likely N-dealkylation sites (tertiary alicyclic amines) is 1. The van der Waals surface area contributed by atoms with Gasteiger partial charge in [-0.2, -0.15) is 0 Å². The van der Waals surface area contributed by atoms with Gasteiger partial charge in [-0.05, 0) is 31.9 Å². The van der Waals surface area contributed by atoms with Crippen molar-refractivity contribution in [3.8, 4) is 0 Å². The van der Waals surface area contributed by atoms with Gasteiger partial charge in [-0.3, -0.25) is 4.90 Å². The van der Waals surface area contributed by atoms with Crippen LogP contribution in [-0.4, -0.2) is 53.0 Å². The maximum Gasteiger partial charge on any atom is 0.0972 e. The van der Waals surface area contributed by atoms with Crippen LogP contribution in [0, 0.1) is 0 Å². The Kier molecular flexibility index (Phi) is 5.54. The lowest BCUT2D eigenvalue weighted by atomic mass is 10.0. The molecule has 0 amide bonds. The van der Waals surface area contributed by atoms with Crippen LogP contribution in [0.1, 0.15) is 25.3 Å². The Morgan fingerprint density at radius 1 is 1.35 bits per heavy atom. The molecule has 3 N–H and O–H groups in total. The lowest BCUT2D eigenvalue weighted by Crippen LogP contribution is -2.50. The van der Waals surface area contributed by atoms with Crippen molar-refractivity contribution in [2.45, 2.75) is 38.0 Å². The summed E-state index contributed by atoms with van der Waals surface area (Å²) in [6.45, 7) is 4.99. The zero-order valence-corrected chi connectivity index (χ0v) is 12.3. The number of benzene rings is 1. The number of aliphatic hydroxyl groups is 2. The highest BCUT2D eigenvalue weighted by Gasteiger charge is 2.24. The van der Waals surface area contributed by atoms with E-state index in [9.17, 15) is 5.11 Å². The van der Waals surface area contributed by atoms with Gasteiger partial charge in [0.05, 0.1) is 12.2 Å². The van der Waals surface area contributed by atoms with Gasteiger partial charge < -0.3 is 15.5 Å². The SMILES string of the molecule is CC(O)(CO)CNC1CCCN(Cc2ccccc2)C1. The molecule has 112 valence electrons. The van der Waals surface area contributed by atoms with Crippen molar-refractivity contribution in [1.82, 2.24) is 10.2 Å². The summed E-state index contributed by atoms with van der Waals surface area (Å²) < 4.78 is 0. The van der Waals surface area contributed by atoms with Gasteiger partial charge in [0.2, 0.25) is 0 Å². The Morgan fingerprint density at radius 2 is 2.10 bits per heavy atom. The molecule has 0 aromatic heterocycles. The summed E-state index contributed by atoms with van der Waals surface area (Å²) in [7, 11) is 0. The van der Waals surface area contributed by atoms with Crippen LogP contribution in [0.2, 0.25) is 0 Å². The summed E-state index contributed by atoms with van der Waals surface area (Å²) in [5.74, 6) is 0. The lowest BCUT2D eigenvalue weighted by Gasteiger charge is -2.34. The number of hydrogen-bond acceptors (Lipinski definition) is 4. The van der Waals surface area contributed by atoms with E-state index in [4.69, 9.17) is 5.11 Å². The van der Waals surface area contributed by atoms with E-state index >= 15 is 0 Å². The van der Waals surface area contributed by atoms with E-state index in [0.717, 1.165) is 26.1 Å². The second kappa shape index (κ2) is 7.18. The van der Waals surface area contributed by atoms with Crippen molar-refractivity contribution in [1.29, 1.82) is 0 Å². The van der Waals surface area contributed by atoms with E-state index in [1.54, 1.807) is 6.92 Å². The van der Waals surface area contributed by atoms with Crippen LogP contribution in [0.25, 0.3) is 0 Å². The Morgan fingerprint density at radius 3 is 2.80 bits per heavy atom. The molecule has 1 aliphatic heterocycles. The molecule has 2 unspecified atom stereocenters. The average Bonchev–Trinajstić information content (AvgIpc) is 2.47. The van der Waals surface area contributed by atoms with E-state index in [-0.39, 0.29) is 6.61 Å². The summed E-state index contributed by atoms with van der Waals surface area (Å²) in [6.07, 6.45) is 2.30. The first kappa shape index (κ1) is 15.4. The number of aliphatic hydroxyl groups excluding tert-OH is 1. The topological polar surface area (TPSA) is 55.7 Å².